The third-order valence-corrected chi connectivity index (χ3v) is 8.00. The fraction of sp³-hybridized carbons (Fsp3) is 0.233. The van der Waals surface area contributed by atoms with Crippen LogP contribution in [0.5, 0.6) is 5.75 Å². The van der Waals surface area contributed by atoms with Crippen molar-refractivity contribution in [1.82, 2.24) is 20.2 Å². The molecule has 4 aromatic rings. The van der Waals surface area contributed by atoms with Gasteiger partial charge in [0.1, 0.15) is 36.4 Å². The smallest absolute Gasteiger partial charge is 0.325 e. The summed E-state index contributed by atoms with van der Waals surface area (Å²) < 4.78 is 6.46. The molecule has 0 bridgehead atoms. The number of aliphatic hydroxyl groups excluding tert-OH is 2. The van der Waals surface area contributed by atoms with Crippen molar-refractivity contribution in [1.29, 1.82) is 0 Å². The van der Waals surface area contributed by atoms with Crippen LogP contribution in [0.15, 0.2) is 79.0 Å². The second kappa shape index (κ2) is 12.6. The first-order valence-electron chi connectivity index (χ1n) is 13.0. The van der Waals surface area contributed by atoms with Crippen LogP contribution in [0.1, 0.15) is 41.9 Å². The Morgan fingerprint density at radius 2 is 1.83 bits per heavy atom. The minimum atomic E-state index is -0.994. The third-order valence-electron chi connectivity index (χ3n) is 7.01. The number of hydrogen-bond acceptors (Lipinski definition) is 6. The molecule has 0 aliphatic carbocycles. The number of aromatic amines is 1. The molecule has 5 rings (SSSR count). The van der Waals surface area contributed by atoms with Crippen LogP contribution in [-0.4, -0.2) is 56.3 Å². The summed E-state index contributed by atoms with van der Waals surface area (Å²) in [5, 5.41) is 21.9. The lowest BCUT2D eigenvalue weighted by atomic mass is 9.91. The Morgan fingerprint density at radius 1 is 1.10 bits per heavy atom. The largest absolute Gasteiger partial charge is 0.491 e. The van der Waals surface area contributed by atoms with Gasteiger partial charge in [-0.05, 0) is 58.0 Å². The molecule has 11 heteroatoms. The van der Waals surface area contributed by atoms with Gasteiger partial charge in [-0.15, -0.1) is 0 Å². The highest BCUT2D eigenvalue weighted by Crippen LogP contribution is 2.40. The standard InChI is InChI=1S/C30H28ClIN4O5/c1-17(18-5-3-2-4-6-18)27(28-33-14-25(34-28)23-12-9-20(32)13-24(23)31)36-29(39)26(35-30(36)40)19-7-10-22(11-8-19)41-16-21(38)15-37/h2-14,17,21,26-27,37-38H,15-16H2,1H3,(H,33,34)(H,35,40)/t17-,21+,26?,27-/m0/s1. The van der Waals surface area contributed by atoms with Crippen LogP contribution in [0.25, 0.3) is 11.3 Å². The zero-order valence-corrected chi connectivity index (χ0v) is 24.9. The van der Waals surface area contributed by atoms with E-state index in [1.165, 1.54) is 4.90 Å². The van der Waals surface area contributed by atoms with Gasteiger partial charge in [0.25, 0.3) is 5.91 Å². The number of H-pyrrole nitrogens is 1. The van der Waals surface area contributed by atoms with Crippen molar-refractivity contribution >= 4 is 46.1 Å². The van der Waals surface area contributed by atoms with Crippen LogP contribution in [-0.2, 0) is 4.79 Å². The fourth-order valence-electron chi connectivity index (χ4n) is 4.84. The van der Waals surface area contributed by atoms with E-state index in [0.29, 0.717) is 27.9 Å². The summed E-state index contributed by atoms with van der Waals surface area (Å²) >= 11 is 8.71. The Morgan fingerprint density at radius 3 is 2.51 bits per heavy atom. The van der Waals surface area contributed by atoms with Crippen LogP contribution in [0, 0.1) is 3.57 Å². The molecule has 0 spiro atoms. The number of carbonyl (C=O) groups is 2. The van der Waals surface area contributed by atoms with Crippen molar-refractivity contribution in [3.63, 3.8) is 0 Å². The van der Waals surface area contributed by atoms with E-state index in [1.807, 2.05) is 55.5 Å². The van der Waals surface area contributed by atoms with E-state index in [9.17, 15) is 14.7 Å². The van der Waals surface area contributed by atoms with Gasteiger partial charge >= 0.3 is 6.03 Å². The van der Waals surface area contributed by atoms with E-state index in [-0.39, 0.29) is 12.5 Å². The lowest BCUT2D eigenvalue weighted by molar-refractivity contribution is -0.129. The summed E-state index contributed by atoms with van der Waals surface area (Å²) in [5.41, 5.74) is 2.97. The highest BCUT2D eigenvalue weighted by Gasteiger charge is 2.46. The molecule has 9 nitrogen and oxygen atoms in total. The third kappa shape index (κ3) is 6.25. The van der Waals surface area contributed by atoms with Gasteiger partial charge in [-0.2, -0.15) is 0 Å². The highest BCUT2D eigenvalue weighted by atomic mass is 127. The number of halogens is 2. The first-order chi connectivity index (χ1) is 19.8. The van der Waals surface area contributed by atoms with E-state index in [4.69, 9.17) is 21.4 Å². The van der Waals surface area contributed by atoms with Gasteiger partial charge in [0.05, 0.1) is 23.5 Å². The van der Waals surface area contributed by atoms with E-state index in [2.05, 4.69) is 37.9 Å². The molecule has 3 amide bonds. The van der Waals surface area contributed by atoms with Crippen molar-refractivity contribution < 1.29 is 24.5 Å². The van der Waals surface area contributed by atoms with Gasteiger partial charge in [-0.1, -0.05) is 67.1 Å². The Kier molecular flexibility index (Phi) is 8.93. The van der Waals surface area contributed by atoms with Crippen molar-refractivity contribution in [2.24, 2.45) is 0 Å². The first kappa shape index (κ1) is 29.1. The monoisotopic (exact) mass is 686 g/mol. The molecular formula is C30H28ClIN4O5. The number of hydrogen-bond donors (Lipinski definition) is 4. The number of carbonyl (C=O) groups excluding carboxylic acids is 2. The zero-order valence-electron chi connectivity index (χ0n) is 22.0. The number of aromatic nitrogens is 2. The molecular weight excluding hydrogens is 659 g/mol. The van der Waals surface area contributed by atoms with Crippen LogP contribution in [0.2, 0.25) is 5.02 Å². The molecule has 41 heavy (non-hydrogen) atoms. The molecule has 4 atom stereocenters. The van der Waals surface area contributed by atoms with Gasteiger partial charge in [0.15, 0.2) is 0 Å². The number of nitrogens with one attached hydrogen (secondary N) is 2. The normalized spacial score (nSPS) is 17.3. The molecule has 1 aromatic heterocycles. The van der Waals surface area contributed by atoms with Crippen molar-refractivity contribution in [2.75, 3.05) is 13.2 Å². The summed E-state index contributed by atoms with van der Waals surface area (Å²) in [6.07, 6.45) is 0.669. The van der Waals surface area contributed by atoms with Gasteiger partial charge in [-0.3, -0.25) is 9.69 Å². The lowest BCUT2D eigenvalue weighted by Gasteiger charge is -2.29. The minimum absolute atomic E-state index is 0.0691. The number of rotatable bonds is 10. The zero-order chi connectivity index (χ0) is 29.1. The summed E-state index contributed by atoms with van der Waals surface area (Å²) in [7, 11) is 0. The fourth-order valence-corrected chi connectivity index (χ4v) is 5.80. The molecule has 2 heterocycles. The van der Waals surface area contributed by atoms with Crippen molar-refractivity contribution in [3.8, 4) is 17.0 Å². The minimum Gasteiger partial charge on any atom is -0.491 e. The summed E-state index contributed by atoms with van der Waals surface area (Å²) in [6, 6.07) is 19.9. The topological polar surface area (TPSA) is 128 Å². The number of nitrogens with zero attached hydrogens (tertiary/aromatic N) is 2. The van der Waals surface area contributed by atoms with Gasteiger partial charge in [0, 0.05) is 15.1 Å². The second-order valence-corrected chi connectivity index (χ2v) is 11.4. The highest BCUT2D eigenvalue weighted by molar-refractivity contribution is 14.1. The SMILES string of the molecule is C[C@@H](c1ccccc1)[C@@H](c1ncc(-c2ccc(I)cc2Cl)[nH]1)N1C(=O)NC(c2ccc(OC[C@H](O)CO)cc2)C1=O. The quantitative estimate of drug-likeness (QED) is 0.134. The second-order valence-electron chi connectivity index (χ2n) is 9.76. The van der Waals surface area contributed by atoms with Crippen LogP contribution >= 0.6 is 34.2 Å². The number of imide groups is 1. The number of aliphatic hydroxyl groups is 2. The van der Waals surface area contributed by atoms with E-state index in [0.717, 1.165) is 14.7 Å². The predicted molar refractivity (Wildman–Crippen MR) is 162 cm³/mol. The number of urea groups is 1. The van der Waals surface area contributed by atoms with Crippen LogP contribution in [0.3, 0.4) is 0 Å². The van der Waals surface area contributed by atoms with E-state index >= 15 is 0 Å². The van der Waals surface area contributed by atoms with E-state index in [1.54, 1.807) is 30.5 Å². The maximum Gasteiger partial charge on any atom is 0.325 e. The molecule has 0 radical (unpaired) electrons. The van der Waals surface area contributed by atoms with Crippen LogP contribution < -0.4 is 10.1 Å². The Labute approximate surface area is 255 Å². The maximum absolute atomic E-state index is 13.9. The Hall–Kier alpha value is -3.45. The first-order valence-corrected chi connectivity index (χ1v) is 14.4. The molecule has 1 fully saturated rings. The van der Waals surface area contributed by atoms with E-state index < -0.39 is 36.7 Å². The molecule has 3 aromatic carbocycles. The van der Waals surface area contributed by atoms with Gasteiger partial charge in [-0.25, -0.2) is 9.78 Å². The predicted octanol–water partition coefficient (Wildman–Crippen LogP) is 5.20. The Balaban J connectivity index is 1.46. The van der Waals surface area contributed by atoms with Gasteiger partial charge < -0.3 is 25.3 Å². The molecule has 1 unspecified atom stereocenters. The lowest BCUT2D eigenvalue weighted by Crippen LogP contribution is -2.38. The number of benzene rings is 3. The molecule has 4 N–H and O–H groups in total. The summed E-state index contributed by atoms with van der Waals surface area (Å²) in [5.74, 6) is 0.228. The average molecular weight is 687 g/mol. The summed E-state index contributed by atoms with van der Waals surface area (Å²) in [6.45, 7) is 1.48. The van der Waals surface area contributed by atoms with Crippen molar-refractivity contribution in [3.05, 3.63) is 105 Å². The summed E-state index contributed by atoms with van der Waals surface area (Å²) in [4.78, 5) is 36.5. The van der Waals surface area contributed by atoms with Crippen LogP contribution in [0.4, 0.5) is 4.79 Å². The molecule has 0 saturated carbocycles. The number of amides is 3. The molecule has 1 saturated heterocycles. The Bertz CT molecular complexity index is 1530. The average Bonchev–Trinajstić information content (AvgIpc) is 3.57. The maximum atomic E-state index is 13.9. The van der Waals surface area contributed by atoms with Gasteiger partial charge in [0.2, 0.25) is 0 Å². The van der Waals surface area contributed by atoms with Crippen molar-refractivity contribution in [2.45, 2.75) is 31.0 Å². The number of ether oxygens (including phenoxy) is 1. The molecule has 1 aliphatic rings. The molecule has 1 aliphatic heterocycles. The number of imidazole rings is 1. The molecule has 212 valence electrons.